The van der Waals surface area contributed by atoms with Crippen LogP contribution in [0.4, 0.5) is 8.78 Å². The van der Waals surface area contributed by atoms with Crippen LogP contribution in [-0.4, -0.2) is 6.21 Å². The molecular formula is C17H16F2NO. The topological polar surface area (TPSA) is 21.6 Å². The van der Waals surface area contributed by atoms with Crippen LogP contribution in [0.15, 0.2) is 53.7 Å². The van der Waals surface area contributed by atoms with Crippen LogP contribution in [0.3, 0.4) is 0 Å². The van der Waals surface area contributed by atoms with E-state index in [9.17, 15) is 8.78 Å². The molecule has 21 heavy (non-hydrogen) atoms. The summed E-state index contributed by atoms with van der Waals surface area (Å²) >= 11 is 0. The van der Waals surface area contributed by atoms with Crippen LogP contribution < -0.4 is 0 Å². The molecule has 0 N–H and O–H groups in total. The smallest absolute Gasteiger partial charge is 0.263 e. The molecule has 0 heterocycles. The van der Waals surface area contributed by atoms with Gasteiger partial charge < -0.3 is 4.84 Å². The van der Waals surface area contributed by atoms with Crippen molar-refractivity contribution >= 4 is 6.21 Å². The van der Waals surface area contributed by atoms with E-state index in [0.29, 0.717) is 12.2 Å². The molecule has 0 fully saturated rings. The lowest BCUT2D eigenvalue weighted by molar-refractivity contribution is 0.132. The number of alkyl halides is 2. The van der Waals surface area contributed by atoms with Crippen LogP contribution in [-0.2, 0) is 17.9 Å². The number of aryl methyl sites for hydroxylation is 1. The molecule has 1 radical (unpaired) electrons. The highest BCUT2D eigenvalue weighted by atomic mass is 19.3. The SMILES string of the molecule is CCc1ccc(CO/N=[C]\c2cccc(C(F)F)c2)cc1. The minimum absolute atomic E-state index is 0.0506. The lowest BCUT2D eigenvalue weighted by Crippen LogP contribution is -1.90. The maximum absolute atomic E-state index is 12.5. The molecule has 0 unspecified atom stereocenters. The van der Waals surface area contributed by atoms with E-state index in [-0.39, 0.29) is 5.56 Å². The first-order valence-corrected chi connectivity index (χ1v) is 6.73. The van der Waals surface area contributed by atoms with E-state index in [2.05, 4.69) is 18.3 Å². The number of hydrogen-bond donors (Lipinski definition) is 0. The zero-order valence-electron chi connectivity index (χ0n) is 11.7. The quantitative estimate of drug-likeness (QED) is 0.561. The Balaban J connectivity index is 1.88. The predicted octanol–water partition coefficient (Wildman–Crippen LogP) is 4.61. The van der Waals surface area contributed by atoms with E-state index in [1.165, 1.54) is 17.7 Å². The second-order valence-corrected chi connectivity index (χ2v) is 4.57. The van der Waals surface area contributed by atoms with Crippen molar-refractivity contribution in [1.82, 2.24) is 0 Å². The maximum atomic E-state index is 12.5. The van der Waals surface area contributed by atoms with Gasteiger partial charge >= 0.3 is 0 Å². The summed E-state index contributed by atoms with van der Waals surface area (Å²) in [6.07, 6.45) is 1.10. The van der Waals surface area contributed by atoms with Gasteiger partial charge in [0.25, 0.3) is 6.43 Å². The van der Waals surface area contributed by atoms with Gasteiger partial charge in [-0.2, -0.15) is 0 Å². The van der Waals surface area contributed by atoms with Crippen LogP contribution in [0.1, 0.15) is 35.6 Å². The van der Waals surface area contributed by atoms with E-state index in [0.717, 1.165) is 12.0 Å². The molecule has 4 heteroatoms. The van der Waals surface area contributed by atoms with Gasteiger partial charge in [0.15, 0.2) is 0 Å². The van der Waals surface area contributed by atoms with Crippen molar-refractivity contribution in [3.8, 4) is 0 Å². The molecule has 0 saturated heterocycles. The maximum Gasteiger partial charge on any atom is 0.263 e. The fraction of sp³-hybridized carbons (Fsp3) is 0.235. The number of rotatable bonds is 6. The predicted molar refractivity (Wildman–Crippen MR) is 78.5 cm³/mol. The Morgan fingerprint density at radius 3 is 2.48 bits per heavy atom. The van der Waals surface area contributed by atoms with Gasteiger partial charge in [0.2, 0.25) is 0 Å². The zero-order chi connectivity index (χ0) is 15.1. The molecule has 109 valence electrons. The highest BCUT2D eigenvalue weighted by molar-refractivity contribution is 5.79. The van der Waals surface area contributed by atoms with E-state index in [1.807, 2.05) is 24.3 Å². The number of hydrogen-bond acceptors (Lipinski definition) is 2. The minimum Gasteiger partial charge on any atom is -0.390 e. The molecule has 0 aliphatic carbocycles. The number of benzene rings is 2. The lowest BCUT2D eigenvalue weighted by Gasteiger charge is -2.02. The van der Waals surface area contributed by atoms with E-state index >= 15 is 0 Å². The van der Waals surface area contributed by atoms with Gasteiger partial charge in [0, 0.05) is 11.1 Å². The van der Waals surface area contributed by atoms with Crippen molar-refractivity contribution in [1.29, 1.82) is 0 Å². The van der Waals surface area contributed by atoms with Gasteiger partial charge in [-0.1, -0.05) is 54.5 Å². The molecule has 0 bridgehead atoms. The van der Waals surface area contributed by atoms with E-state index in [1.54, 1.807) is 12.1 Å². The Morgan fingerprint density at radius 1 is 1.10 bits per heavy atom. The summed E-state index contributed by atoms with van der Waals surface area (Å²) in [5.74, 6) is 0. The van der Waals surface area contributed by atoms with Gasteiger partial charge in [-0.15, -0.1) is 0 Å². The third-order valence-electron chi connectivity index (χ3n) is 3.04. The van der Waals surface area contributed by atoms with Gasteiger partial charge in [0.05, 0.1) is 0 Å². The molecule has 2 aromatic carbocycles. The van der Waals surface area contributed by atoms with Crippen molar-refractivity contribution in [2.75, 3.05) is 0 Å². The zero-order valence-corrected chi connectivity index (χ0v) is 11.7. The summed E-state index contributed by atoms with van der Waals surface area (Å²) in [6, 6.07) is 13.9. The van der Waals surface area contributed by atoms with Gasteiger partial charge in [-0.25, -0.2) is 8.78 Å². The Kier molecular flexibility index (Phi) is 5.43. The average molecular weight is 288 g/mol. The third-order valence-corrected chi connectivity index (χ3v) is 3.04. The largest absolute Gasteiger partial charge is 0.390 e. The highest BCUT2D eigenvalue weighted by Crippen LogP contribution is 2.18. The average Bonchev–Trinajstić information content (AvgIpc) is 2.52. The summed E-state index contributed by atoms with van der Waals surface area (Å²) in [6.45, 7) is 2.42. The Bertz CT molecular complexity index is 594. The summed E-state index contributed by atoms with van der Waals surface area (Å²) in [5, 5.41) is 3.69. The molecule has 0 aromatic heterocycles. The van der Waals surface area contributed by atoms with Gasteiger partial charge in [-0.3, -0.25) is 0 Å². The summed E-state index contributed by atoms with van der Waals surface area (Å²) < 4.78 is 25.1. The van der Waals surface area contributed by atoms with Crippen molar-refractivity contribution in [2.24, 2.45) is 5.16 Å². The van der Waals surface area contributed by atoms with E-state index in [4.69, 9.17) is 4.84 Å². The molecule has 0 aliphatic rings. The second-order valence-electron chi connectivity index (χ2n) is 4.57. The molecule has 2 nitrogen and oxygen atoms in total. The van der Waals surface area contributed by atoms with Gasteiger partial charge in [-0.05, 0) is 23.6 Å². The highest BCUT2D eigenvalue weighted by Gasteiger charge is 2.06. The molecule has 0 saturated carbocycles. The first kappa shape index (κ1) is 15.2. The Labute approximate surface area is 123 Å². The molecule has 0 aliphatic heterocycles. The molecule has 0 atom stereocenters. The molecule has 0 spiro atoms. The Morgan fingerprint density at radius 2 is 1.81 bits per heavy atom. The summed E-state index contributed by atoms with van der Waals surface area (Å²) in [7, 11) is 0. The van der Waals surface area contributed by atoms with Crippen LogP contribution in [0.2, 0.25) is 0 Å². The van der Waals surface area contributed by atoms with Crippen LogP contribution in [0.25, 0.3) is 0 Å². The normalized spacial score (nSPS) is 11.2. The Hall–Kier alpha value is -2.23. The fourth-order valence-corrected chi connectivity index (χ4v) is 1.81. The third kappa shape index (κ3) is 4.67. The van der Waals surface area contributed by atoms with Crippen molar-refractivity contribution in [2.45, 2.75) is 26.4 Å². The summed E-state index contributed by atoms with van der Waals surface area (Å²) in [5.41, 5.74) is 2.68. The van der Waals surface area contributed by atoms with Crippen molar-refractivity contribution in [3.63, 3.8) is 0 Å². The van der Waals surface area contributed by atoms with E-state index < -0.39 is 6.43 Å². The standard InChI is InChI=1S/C17H16F2NO/c1-2-13-6-8-14(9-7-13)12-21-20-11-15-4-3-5-16(10-15)17(18)19/h3-10,17H,2,12H2,1H3. The van der Waals surface area contributed by atoms with Crippen LogP contribution in [0.5, 0.6) is 0 Å². The molecule has 2 aromatic rings. The second kappa shape index (κ2) is 7.53. The fourth-order valence-electron chi connectivity index (χ4n) is 1.81. The van der Waals surface area contributed by atoms with Crippen molar-refractivity contribution in [3.05, 3.63) is 70.8 Å². The first-order chi connectivity index (χ1) is 10.2. The minimum atomic E-state index is -2.50. The number of halogens is 2. The molecule has 2 rings (SSSR count). The molecular weight excluding hydrogens is 272 g/mol. The van der Waals surface area contributed by atoms with Crippen LogP contribution >= 0.6 is 0 Å². The van der Waals surface area contributed by atoms with Crippen molar-refractivity contribution < 1.29 is 13.6 Å². The first-order valence-electron chi connectivity index (χ1n) is 6.73. The number of nitrogens with zero attached hydrogens (tertiary/aromatic N) is 1. The lowest BCUT2D eigenvalue weighted by atomic mass is 10.1. The van der Waals surface area contributed by atoms with Crippen LogP contribution in [0, 0.1) is 0 Å². The summed E-state index contributed by atoms with van der Waals surface area (Å²) in [4.78, 5) is 5.12. The molecule has 0 amide bonds. The van der Waals surface area contributed by atoms with Gasteiger partial charge in [0.1, 0.15) is 12.8 Å². The monoisotopic (exact) mass is 288 g/mol.